The van der Waals surface area contributed by atoms with E-state index in [2.05, 4.69) is 15.9 Å². The molecule has 4 nitrogen and oxygen atoms in total. The van der Waals surface area contributed by atoms with Crippen LogP contribution in [0, 0.1) is 11.3 Å². The van der Waals surface area contributed by atoms with Crippen LogP contribution in [0.4, 0.5) is 0 Å². The molecule has 1 aromatic carbocycles. The fourth-order valence-electron chi connectivity index (χ4n) is 2.02. The molecule has 0 radical (unpaired) electrons. The van der Waals surface area contributed by atoms with E-state index in [-0.39, 0.29) is 5.41 Å². The van der Waals surface area contributed by atoms with Crippen LogP contribution in [-0.2, 0) is 16.0 Å². The summed E-state index contributed by atoms with van der Waals surface area (Å²) in [5.74, 6) is -0.508. The van der Waals surface area contributed by atoms with E-state index in [0.717, 1.165) is 15.8 Å². The summed E-state index contributed by atoms with van der Waals surface area (Å²) in [5, 5.41) is 9.44. The van der Waals surface area contributed by atoms with Crippen LogP contribution in [0.15, 0.2) is 22.7 Å². The Balaban J connectivity index is 2.90. The second kappa shape index (κ2) is 7.80. The molecular weight excluding hydrogens is 336 g/mol. The molecule has 5 heteroatoms. The average Bonchev–Trinajstić information content (AvgIpc) is 2.37. The number of hydrogen-bond donors (Lipinski definition) is 1. The molecular formula is C16H23BrO4. The third-order valence-corrected chi connectivity index (χ3v) is 4.11. The van der Waals surface area contributed by atoms with Crippen molar-refractivity contribution in [1.29, 1.82) is 0 Å². The predicted octanol–water partition coefficient (Wildman–Crippen LogP) is 3.76. The molecule has 0 aliphatic rings. The topological polar surface area (TPSA) is 55.8 Å². The number of aliphatic carboxylic acids is 1. The minimum Gasteiger partial charge on any atom is -0.491 e. The zero-order valence-electron chi connectivity index (χ0n) is 13.0. The van der Waals surface area contributed by atoms with Crippen molar-refractivity contribution in [2.75, 3.05) is 20.3 Å². The smallest absolute Gasteiger partial charge is 0.307 e. The third kappa shape index (κ3) is 5.67. The van der Waals surface area contributed by atoms with Gasteiger partial charge in [0.2, 0.25) is 0 Å². The van der Waals surface area contributed by atoms with Crippen LogP contribution in [0.1, 0.15) is 26.3 Å². The van der Waals surface area contributed by atoms with E-state index in [9.17, 15) is 9.90 Å². The van der Waals surface area contributed by atoms with Gasteiger partial charge in [-0.05, 0) is 35.6 Å². The molecule has 0 aromatic heterocycles. The summed E-state index contributed by atoms with van der Waals surface area (Å²) in [5.41, 5.74) is 0.630. The van der Waals surface area contributed by atoms with Gasteiger partial charge < -0.3 is 14.6 Å². The highest BCUT2D eigenvalue weighted by molar-refractivity contribution is 9.10. The zero-order valence-corrected chi connectivity index (χ0v) is 14.6. The molecule has 1 atom stereocenters. The maximum atomic E-state index is 11.5. The van der Waals surface area contributed by atoms with Gasteiger partial charge in [0.1, 0.15) is 12.4 Å². The summed E-state index contributed by atoms with van der Waals surface area (Å²) >= 11 is 3.48. The number of methoxy groups -OCH3 is 1. The van der Waals surface area contributed by atoms with E-state index < -0.39 is 11.9 Å². The van der Waals surface area contributed by atoms with E-state index in [0.29, 0.717) is 19.6 Å². The first kappa shape index (κ1) is 18.0. The Morgan fingerprint density at radius 2 is 2.00 bits per heavy atom. The molecule has 0 spiro atoms. The van der Waals surface area contributed by atoms with Crippen molar-refractivity contribution in [1.82, 2.24) is 0 Å². The highest BCUT2D eigenvalue weighted by Gasteiger charge is 2.31. The van der Waals surface area contributed by atoms with Gasteiger partial charge in [0.15, 0.2) is 0 Å². The van der Waals surface area contributed by atoms with Gasteiger partial charge in [0.05, 0.1) is 12.5 Å². The lowest BCUT2D eigenvalue weighted by Gasteiger charge is -2.27. The Morgan fingerprint density at radius 3 is 2.52 bits per heavy atom. The molecule has 0 aliphatic carbocycles. The summed E-state index contributed by atoms with van der Waals surface area (Å²) in [6, 6.07) is 5.64. The van der Waals surface area contributed by atoms with Gasteiger partial charge in [0.25, 0.3) is 0 Å². The molecule has 0 heterocycles. The van der Waals surface area contributed by atoms with Gasteiger partial charge in [0, 0.05) is 11.6 Å². The number of carbonyl (C=O) groups is 1. The summed E-state index contributed by atoms with van der Waals surface area (Å²) in [6.07, 6.45) is 0.459. The van der Waals surface area contributed by atoms with Crippen molar-refractivity contribution < 1.29 is 19.4 Å². The van der Waals surface area contributed by atoms with Gasteiger partial charge in [-0.2, -0.15) is 0 Å². The molecule has 0 saturated heterocycles. The molecule has 1 N–H and O–H groups in total. The highest BCUT2D eigenvalue weighted by Crippen LogP contribution is 2.33. The van der Waals surface area contributed by atoms with Crippen LogP contribution in [0.2, 0.25) is 0 Å². The molecule has 1 unspecified atom stereocenters. The standard InChI is InChI=1S/C16H23BrO4/c1-16(2,3)13(15(18)19)10-11-9-12(5-6-14(11)17)21-8-7-20-4/h5-6,9,13H,7-8,10H2,1-4H3,(H,18,19). The second-order valence-corrected chi connectivity index (χ2v) is 6.91. The first-order valence-corrected chi connectivity index (χ1v) is 7.68. The fraction of sp³-hybridized carbons (Fsp3) is 0.562. The molecule has 0 saturated carbocycles. The van der Waals surface area contributed by atoms with Crippen LogP contribution >= 0.6 is 15.9 Å². The van der Waals surface area contributed by atoms with Gasteiger partial charge in [-0.25, -0.2) is 0 Å². The van der Waals surface area contributed by atoms with Gasteiger partial charge in [-0.15, -0.1) is 0 Å². The SMILES string of the molecule is COCCOc1ccc(Br)c(CC(C(=O)O)C(C)(C)C)c1. The summed E-state index contributed by atoms with van der Waals surface area (Å²) in [7, 11) is 1.62. The Kier molecular flexibility index (Phi) is 6.68. The first-order chi connectivity index (χ1) is 9.75. The quantitative estimate of drug-likeness (QED) is 0.753. The van der Waals surface area contributed by atoms with Gasteiger partial charge in [-0.3, -0.25) is 4.79 Å². The lowest BCUT2D eigenvalue weighted by Crippen LogP contribution is -2.30. The summed E-state index contributed by atoms with van der Waals surface area (Å²) in [4.78, 5) is 11.5. The molecule has 0 bridgehead atoms. The minimum atomic E-state index is -0.778. The molecule has 0 aliphatic heterocycles. The van der Waals surface area contributed by atoms with E-state index in [4.69, 9.17) is 9.47 Å². The zero-order chi connectivity index (χ0) is 16.0. The molecule has 21 heavy (non-hydrogen) atoms. The monoisotopic (exact) mass is 358 g/mol. The van der Waals surface area contributed by atoms with Crippen LogP contribution in [0.3, 0.4) is 0 Å². The van der Waals surface area contributed by atoms with E-state index in [1.54, 1.807) is 7.11 Å². The molecule has 0 fully saturated rings. The number of benzene rings is 1. The molecule has 1 aromatic rings. The van der Waals surface area contributed by atoms with E-state index in [1.807, 2.05) is 39.0 Å². The van der Waals surface area contributed by atoms with Crippen molar-refractivity contribution in [3.8, 4) is 5.75 Å². The summed E-state index contributed by atoms with van der Waals surface area (Å²) in [6.45, 7) is 6.82. The number of carboxylic acids is 1. The Labute approximate surface area is 134 Å². The van der Waals surface area contributed by atoms with E-state index in [1.165, 1.54) is 0 Å². The van der Waals surface area contributed by atoms with Crippen molar-refractivity contribution in [3.05, 3.63) is 28.2 Å². The largest absolute Gasteiger partial charge is 0.491 e. The number of halogens is 1. The van der Waals surface area contributed by atoms with Crippen molar-refractivity contribution >= 4 is 21.9 Å². The molecule has 1 rings (SSSR count). The van der Waals surface area contributed by atoms with Crippen LogP contribution in [0.25, 0.3) is 0 Å². The van der Waals surface area contributed by atoms with Gasteiger partial charge >= 0.3 is 5.97 Å². The number of hydrogen-bond acceptors (Lipinski definition) is 3. The number of carboxylic acid groups (broad SMARTS) is 1. The number of ether oxygens (including phenoxy) is 2. The molecule has 0 amide bonds. The first-order valence-electron chi connectivity index (χ1n) is 6.88. The normalized spacial score (nSPS) is 13.0. The lowest BCUT2D eigenvalue weighted by molar-refractivity contribution is -0.145. The Morgan fingerprint density at radius 1 is 1.33 bits per heavy atom. The van der Waals surface area contributed by atoms with Crippen LogP contribution in [0.5, 0.6) is 5.75 Å². The van der Waals surface area contributed by atoms with Crippen molar-refractivity contribution in [2.24, 2.45) is 11.3 Å². The van der Waals surface area contributed by atoms with Crippen LogP contribution < -0.4 is 4.74 Å². The lowest BCUT2D eigenvalue weighted by atomic mass is 9.77. The summed E-state index contributed by atoms with van der Waals surface area (Å²) < 4.78 is 11.4. The fourth-order valence-corrected chi connectivity index (χ4v) is 2.43. The van der Waals surface area contributed by atoms with Crippen molar-refractivity contribution in [2.45, 2.75) is 27.2 Å². The van der Waals surface area contributed by atoms with Gasteiger partial charge in [-0.1, -0.05) is 36.7 Å². The number of rotatable bonds is 7. The predicted molar refractivity (Wildman–Crippen MR) is 85.8 cm³/mol. The third-order valence-electron chi connectivity index (χ3n) is 3.34. The maximum Gasteiger partial charge on any atom is 0.307 e. The average molecular weight is 359 g/mol. The maximum absolute atomic E-state index is 11.5. The second-order valence-electron chi connectivity index (χ2n) is 6.06. The van der Waals surface area contributed by atoms with Crippen LogP contribution in [-0.4, -0.2) is 31.4 Å². The highest BCUT2D eigenvalue weighted by atomic mass is 79.9. The van der Waals surface area contributed by atoms with Crippen molar-refractivity contribution in [3.63, 3.8) is 0 Å². The van der Waals surface area contributed by atoms with E-state index >= 15 is 0 Å². The Hall–Kier alpha value is -1.07. The Bertz CT molecular complexity index is 480. The minimum absolute atomic E-state index is 0.307. The molecule has 118 valence electrons.